The van der Waals surface area contributed by atoms with Crippen molar-refractivity contribution in [3.63, 3.8) is 0 Å². The number of hydrogen-bond donors (Lipinski definition) is 2. The molecule has 1 unspecified atom stereocenters. The zero-order valence-electron chi connectivity index (χ0n) is 15.7. The smallest absolute Gasteiger partial charge is 0.254 e. The molecule has 2 heterocycles. The van der Waals surface area contributed by atoms with Crippen molar-refractivity contribution in [3.8, 4) is 17.1 Å². The first-order chi connectivity index (χ1) is 13.7. The normalized spacial score (nSPS) is 16.9. The highest BCUT2D eigenvalue weighted by molar-refractivity contribution is 6.00. The summed E-state index contributed by atoms with van der Waals surface area (Å²) < 4.78 is 0. The summed E-state index contributed by atoms with van der Waals surface area (Å²) in [4.78, 5) is 19.6. The number of aromatic amines is 1. The van der Waals surface area contributed by atoms with E-state index in [1.165, 1.54) is 6.33 Å². The summed E-state index contributed by atoms with van der Waals surface area (Å²) in [6.07, 6.45) is 6.36. The molecule has 3 aromatic rings. The van der Waals surface area contributed by atoms with Gasteiger partial charge >= 0.3 is 0 Å². The predicted octanol–water partition coefficient (Wildman–Crippen LogP) is 3.80. The molecule has 0 aliphatic carbocycles. The molecular formula is C22H24N4O2. The Morgan fingerprint density at radius 2 is 2.07 bits per heavy atom. The van der Waals surface area contributed by atoms with Crippen molar-refractivity contribution in [2.75, 3.05) is 6.54 Å². The highest BCUT2D eigenvalue weighted by atomic mass is 16.3. The zero-order valence-corrected chi connectivity index (χ0v) is 15.7. The van der Waals surface area contributed by atoms with Crippen molar-refractivity contribution in [1.82, 2.24) is 20.1 Å². The number of carbonyl (C=O) groups excluding carboxylic acids is 1. The Kier molecular flexibility index (Phi) is 5.37. The van der Waals surface area contributed by atoms with E-state index >= 15 is 0 Å². The Hall–Kier alpha value is -3.15. The van der Waals surface area contributed by atoms with Crippen LogP contribution in [0.25, 0.3) is 11.4 Å². The SMILES string of the molecule is O=C(c1ccccc1-c1ncn[nH]1)N1CCCCC1CCc1cccc(O)c1. The Morgan fingerprint density at radius 3 is 2.89 bits per heavy atom. The topological polar surface area (TPSA) is 82.1 Å². The molecule has 144 valence electrons. The Bertz CT molecular complexity index is 939. The zero-order chi connectivity index (χ0) is 19.3. The number of benzene rings is 2. The number of carbonyl (C=O) groups is 1. The van der Waals surface area contributed by atoms with E-state index in [9.17, 15) is 9.90 Å². The molecule has 1 amide bonds. The van der Waals surface area contributed by atoms with Gasteiger partial charge in [-0.15, -0.1) is 0 Å². The number of aryl methyl sites for hydroxylation is 1. The van der Waals surface area contributed by atoms with Gasteiger partial charge in [0.2, 0.25) is 0 Å². The summed E-state index contributed by atoms with van der Waals surface area (Å²) in [5.41, 5.74) is 2.53. The van der Waals surface area contributed by atoms with Gasteiger partial charge in [0.25, 0.3) is 5.91 Å². The fraction of sp³-hybridized carbons (Fsp3) is 0.318. The van der Waals surface area contributed by atoms with Crippen LogP contribution < -0.4 is 0 Å². The van der Waals surface area contributed by atoms with Gasteiger partial charge in [-0.3, -0.25) is 9.89 Å². The molecule has 1 aliphatic heterocycles. The third kappa shape index (κ3) is 3.91. The minimum atomic E-state index is 0.0487. The molecule has 1 fully saturated rings. The minimum absolute atomic E-state index is 0.0487. The van der Waals surface area contributed by atoms with E-state index in [0.29, 0.717) is 11.4 Å². The second kappa shape index (κ2) is 8.25. The third-order valence-corrected chi connectivity index (χ3v) is 5.39. The number of phenols is 1. The van der Waals surface area contributed by atoms with Crippen LogP contribution >= 0.6 is 0 Å². The molecule has 1 aliphatic rings. The largest absolute Gasteiger partial charge is 0.508 e. The van der Waals surface area contributed by atoms with Gasteiger partial charge in [-0.25, -0.2) is 4.98 Å². The average molecular weight is 376 g/mol. The standard InChI is InChI=1S/C22H24N4O2/c27-18-8-5-6-16(14-18)11-12-17-7-3-4-13-26(17)22(28)20-10-2-1-9-19(20)21-23-15-24-25-21/h1-2,5-6,8-10,14-15,17,27H,3-4,7,11-13H2,(H,23,24,25). The second-order valence-corrected chi connectivity index (χ2v) is 7.24. The number of nitrogens with zero attached hydrogens (tertiary/aromatic N) is 3. The van der Waals surface area contributed by atoms with E-state index in [2.05, 4.69) is 15.2 Å². The molecule has 6 heteroatoms. The van der Waals surface area contributed by atoms with Crippen LogP contribution in [0.2, 0.25) is 0 Å². The number of rotatable bonds is 5. The number of phenolic OH excluding ortho intramolecular Hbond substituents is 1. The Labute approximate surface area is 164 Å². The highest BCUT2D eigenvalue weighted by Gasteiger charge is 2.29. The summed E-state index contributed by atoms with van der Waals surface area (Å²) in [6.45, 7) is 0.772. The fourth-order valence-electron chi connectivity index (χ4n) is 3.98. The highest BCUT2D eigenvalue weighted by Crippen LogP contribution is 2.27. The van der Waals surface area contributed by atoms with Crippen LogP contribution in [0.3, 0.4) is 0 Å². The lowest BCUT2D eigenvalue weighted by Gasteiger charge is -2.36. The first-order valence-electron chi connectivity index (χ1n) is 9.76. The second-order valence-electron chi connectivity index (χ2n) is 7.24. The number of piperidine rings is 1. The Morgan fingerprint density at radius 1 is 1.18 bits per heavy atom. The summed E-state index contributed by atoms with van der Waals surface area (Å²) >= 11 is 0. The van der Waals surface area contributed by atoms with Gasteiger partial charge in [0.05, 0.1) is 5.56 Å². The molecule has 0 radical (unpaired) electrons. The van der Waals surface area contributed by atoms with Gasteiger partial charge < -0.3 is 10.0 Å². The molecule has 6 nitrogen and oxygen atoms in total. The van der Waals surface area contributed by atoms with Gasteiger partial charge in [-0.2, -0.15) is 5.10 Å². The molecule has 28 heavy (non-hydrogen) atoms. The van der Waals surface area contributed by atoms with Gasteiger partial charge in [-0.05, 0) is 55.9 Å². The van der Waals surface area contributed by atoms with Crippen LogP contribution in [-0.2, 0) is 6.42 Å². The van der Waals surface area contributed by atoms with Crippen molar-refractivity contribution in [1.29, 1.82) is 0 Å². The van der Waals surface area contributed by atoms with Crippen LogP contribution in [0.5, 0.6) is 5.75 Å². The lowest BCUT2D eigenvalue weighted by molar-refractivity contribution is 0.0602. The summed E-state index contributed by atoms with van der Waals surface area (Å²) in [6, 6.07) is 15.1. The van der Waals surface area contributed by atoms with E-state index < -0.39 is 0 Å². The van der Waals surface area contributed by atoms with E-state index in [4.69, 9.17) is 0 Å². The van der Waals surface area contributed by atoms with Crippen LogP contribution in [0.1, 0.15) is 41.6 Å². The van der Waals surface area contributed by atoms with Gasteiger partial charge in [0, 0.05) is 18.2 Å². The number of nitrogens with one attached hydrogen (secondary N) is 1. The van der Waals surface area contributed by atoms with Gasteiger partial charge in [0.1, 0.15) is 12.1 Å². The number of hydrogen-bond acceptors (Lipinski definition) is 4. The van der Waals surface area contributed by atoms with Crippen molar-refractivity contribution < 1.29 is 9.90 Å². The Balaban J connectivity index is 1.54. The van der Waals surface area contributed by atoms with E-state index in [-0.39, 0.29) is 17.7 Å². The molecule has 0 spiro atoms. The van der Waals surface area contributed by atoms with Crippen LogP contribution in [-0.4, -0.2) is 43.7 Å². The van der Waals surface area contributed by atoms with Crippen molar-refractivity contribution in [2.45, 2.75) is 38.1 Å². The molecule has 0 saturated carbocycles. The quantitative estimate of drug-likeness (QED) is 0.709. The minimum Gasteiger partial charge on any atom is -0.508 e. The predicted molar refractivity (Wildman–Crippen MR) is 107 cm³/mol. The van der Waals surface area contributed by atoms with E-state index in [0.717, 1.165) is 49.8 Å². The first-order valence-corrected chi connectivity index (χ1v) is 9.76. The number of aromatic nitrogens is 3. The molecule has 1 aromatic heterocycles. The molecule has 2 aromatic carbocycles. The third-order valence-electron chi connectivity index (χ3n) is 5.39. The maximum Gasteiger partial charge on any atom is 0.254 e. The maximum atomic E-state index is 13.4. The monoisotopic (exact) mass is 376 g/mol. The molecule has 1 saturated heterocycles. The summed E-state index contributed by atoms with van der Waals surface area (Å²) in [7, 11) is 0. The molecule has 1 atom stereocenters. The molecular weight excluding hydrogens is 352 g/mol. The number of H-pyrrole nitrogens is 1. The van der Waals surface area contributed by atoms with Crippen LogP contribution in [0.15, 0.2) is 54.9 Å². The van der Waals surface area contributed by atoms with Crippen molar-refractivity contribution in [2.24, 2.45) is 0 Å². The van der Waals surface area contributed by atoms with E-state index in [1.54, 1.807) is 12.1 Å². The lowest BCUT2D eigenvalue weighted by atomic mass is 9.94. The van der Waals surface area contributed by atoms with E-state index in [1.807, 2.05) is 41.3 Å². The van der Waals surface area contributed by atoms with Crippen molar-refractivity contribution in [3.05, 3.63) is 66.0 Å². The maximum absolute atomic E-state index is 13.4. The number of amides is 1. The van der Waals surface area contributed by atoms with Gasteiger partial charge in [0.15, 0.2) is 5.82 Å². The van der Waals surface area contributed by atoms with Gasteiger partial charge in [-0.1, -0.05) is 30.3 Å². The molecule has 2 N–H and O–H groups in total. The lowest BCUT2D eigenvalue weighted by Crippen LogP contribution is -2.44. The summed E-state index contributed by atoms with van der Waals surface area (Å²) in [5, 5.41) is 16.5. The van der Waals surface area contributed by atoms with Crippen LogP contribution in [0, 0.1) is 0 Å². The summed E-state index contributed by atoms with van der Waals surface area (Å²) in [5.74, 6) is 0.944. The molecule has 0 bridgehead atoms. The van der Waals surface area contributed by atoms with Crippen molar-refractivity contribution >= 4 is 5.91 Å². The average Bonchev–Trinajstić information content (AvgIpc) is 3.27. The molecule has 4 rings (SSSR count). The number of aromatic hydroxyl groups is 1. The van der Waals surface area contributed by atoms with Crippen LogP contribution in [0.4, 0.5) is 0 Å². The number of likely N-dealkylation sites (tertiary alicyclic amines) is 1. The first kappa shape index (κ1) is 18.2. The fourth-order valence-corrected chi connectivity index (χ4v) is 3.98.